The SMILES string of the molecule is NNC(=O)c1sc2cccc(F)c2c1CSc1ncc[nH]1. The third kappa shape index (κ3) is 2.65. The first-order valence-corrected chi connectivity index (χ1v) is 7.84. The minimum atomic E-state index is -0.411. The quantitative estimate of drug-likeness (QED) is 0.298. The van der Waals surface area contributed by atoms with E-state index in [1.807, 2.05) is 0 Å². The van der Waals surface area contributed by atoms with Crippen molar-refractivity contribution < 1.29 is 9.18 Å². The van der Waals surface area contributed by atoms with E-state index < -0.39 is 5.91 Å². The molecular formula is C13H11FN4OS2. The molecule has 8 heteroatoms. The van der Waals surface area contributed by atoms with Gasteiger partial charge in [0.2, 0.25) is 0 Å². The van der Waals surface area contributed by atoms with Gasteiger partial charge in [-0.2, -0.15) is 0 Å². The van der Waals surface area contributed by atoms with Crippen LogP contribution in [-0.2, 0) is 5.75 Å². The van der Waals surface area contributed by atoms with Gasteiger partial charge in [0.15, 0.2) is 5.16 Å². The van der Waals surface area contributed by atoms with Gasteiger partial charge in [0.05, 0.1) is 4.88 Å². The van der Waals surface area contributed by atoms with Crippen LogP contribution in [0.15, 0.2) is 35.7 Å². The van der Waals surface area contributed by atoms with Gasteiger partial charge in [0.25, 0.3) is 5.91 Å². The van der Waals surface area contributed by atoms with Gasteiger partial charge in [-0.15, -0.1) is 11.3 Å². The number of carbonyl (C=O) groups excluding carboxylic acids is 1. The monoisotopic (exact) mass is 322 g/mol. The number of hydrogen-bond acceptors (Lipinski definition) is 5. The van der Waals surface area contributed by atoms with Crippen LogP contribution in [0.2, 0.25) is 0 Å². The van der Waals surface area contributed by atoms with E-state index in [1.165, 1.54) is 29.2 Å². The number of nitrogens with two attached hydrogens (primary N) is 1. The Hall–Kier alpha value is -1.90. The van der Waals surface area contributed by atoms with Gasteiger partial charge in [-0.25, -0.2) is 15.2 Å². The molecule has 3 aromatic rings. The van der Waals surface area contributed by atoms with Crippen LogP contribution >= 0.6 is 23.1 Å². The number of imidazole rings is 1. The fourth-order valence-corrected chi connectivity index (χ4v) is 4.11. The molecule has 0 saturated heterocycles. The van der Waals surface area contributed by atoms with Gasteiger partial charge in [0, 0.05) is 28.2 Å². The van der Waals surface area contributed by atoms with Crippen LogP contribution in [0.3, 0.4) is 0 Å². The number of fused-ring (bicyclic) bond motifs is 1. The molecule has 0 atom stereocenters. The molecule has 0 radical (unpaired) electrons. The second-order valence-corrected chi connectivity index (χ2v) is 6.20. The summed E-state index contributed by atoms with van der Waals surface area (Å²) in [5.74, 6) is 4.89. The minimum Gasteiger partial charge on any atom is -0.340 e. The number of H-pyrrole nitrogens is 1. The van der Waals surface area contributed by atoms with E-state index in [-0.39, 0.29) is 5.82 Å². The van der Waals surface area contributed by atoms with Crippen LogP contribution in [-0.4, -0.2) is 15.9 Å². The van der Waals surface area contributed by atoms with Gasteiger partial charge in [-0.05, 0) is 17.7 Å². The number of halogens is 1. The number of thiophene rings is 1. The molecule has 0 spiro atoms. The zero-order valence-electron chi connectivity index (χ0n) is 10.7. The molecule has 2 heterocycles. The van der Waals surface area contributed by atoms with Crippen LogP contribution < -0.4 is 11.3 Å². The number of aromatic amines is 1. The van der Waals surface area contributed by atoms with Crippen molar-refractivity contribution in [1.82, 2.24) is 15.4 Å². The number of hydrazine groups is 1. The van der Waals surface area contributed by atoms with Crippen LogP contribution in [0, 0.1) is 5.82 Å². The highest BCUT2D eigenvalue weighted by Gasteiger charge is 2.20. The highest BCUT2D eigenvalue weighted by Crippen LogP contribution is 2.36. The van der Waals surface area contributed by atoms with Gasteiger partial charge < -0.3 is 4.98 Å². The number of hydrogen-bond donors (Lipinski definition) is 3. The molecular weight excluding hydrogens is 311 g/mol. The predicted octanol–water partition coefficient (Wildman–Crippen LogP) is 2.66. The standard InChI is InChI=1S/C13H11FN4OS2/c14-8-2-1-3-9-10(8)7(11(21-9)12(19)18-15)6-20-13-16-4-5-17-13/h1-5H,6,15H2,(H,16,17)(H,18,19). The van der Waals surface area contributed by atoms with Crippen molar-refractivity contribution in [3.8, 4) is 0 Å². The smallest absolute Gasteiger partial charge is 0.275 e. The average molecular weight is 322 g/mol. The Bertz CT molecular complexity index is 785. The molecule has 1 amide bonds. The maximum absolute atomic E-state index is 14.1. The molecule has 0 saturated carbocycles. The number of benzene rings is 1. The highest BCUT2D eigenvalue weighted by molar-refractivity contribution is 7.98. The third-order valence-electron chi connectivity index (χ3n) is 2.93. The normalized spacial score (nSPS) is 11.0. The van der Waals surface area contributed by atoms with Crippen molar-refractivity contribution >= 4 is 39.1 Å². The first-order valence-electron chi connectivity index (χ1n) is 6.03. The van der Waals surface area contributed by atoms with Crippen molar-refractivity contribution in [3.63, 3.8) is 0 Å². The van der Waals surface area contributed by atoms with E-state index in [2.05, 4.69) is 15.4 Å². The minimum absolute atomic E-state index is 0.338. The van der Waals surface area contributed by atoms with Gasteiger partial charge >= 0.3 is 0 Å². The first kappa shape index (κ1) is 14.1. The molecule has 5 nitrogen and oxygen atoms in total. The lowest BCUT2D eigenvalue weighted by Gasteiger charge is -2.03. The Morgan fingerprint density at radius 3 is 3.10 bits per heavy atom. The second-order valence-electron chi connectivity index (χ2n) is 4.18. The topological polar surface area (TPSA) is 83.8 Å². The Labute approximate surface area is 127 Å². The molecule has 4 N–H and O–H groups in total. The molecule has 0 unspecified atom stereocenters. The fraction of sp³-hybridized carbons (Fsp3) is 0.0769. The van der Waals surface area contributed by atoms with Crippen molar-refractivity contribution in [3.05, 3.63) is 46.9 Å². The summed E-state index contributed by atoms with van der Waals surface area (Å²) in [5.41, 5.74) is 2.75. The number of carbonyl (C=O) groups is 1. The molecule has 21 heavy (non-hydrogen) atoms. The first-order chi connectivity index (χ1) is 10.2. The number of nitrogens with zero attached hydrogens (tertiary/aromatic N) is 1. The Morgan fingerprint density at radius 1 is 1.52 bits per heavy atom. The zero-order chi connectivity index (χ0) is 14.8. The van der Waals surface area contributed by atoms with E-state index >= 15 is 0 Å². The molecule has 0 aliphatic carbocycles. The Kier molecular flexibility index (Phi) is 3.91. The van der Waals surface area contributed by atoms with Crippen LogP contribution in [0.5, 0.6) is 0 Å². The molecule has 2 aromatic heterocycles. The van der Waals surface area contributed by atoms with E-state index in [0.717, 1.165) is 4.70 Å². The third-order valence-corrected chi connectivity index (χ3v) is 5.05. The number of nitrogen functional groups attached to an aromatic ring is 1. The summed E-state index contributed by atoms with van der Waals surface area (Å²) >= 11 is 2.63. The fourth-order valence-electron chi connectivity index (χ4n) is 2.02. The summed E-state index contributed by atoms with van der Waals surface area (Å²) in [6.45, 7) is 0. The number of thioether (sulfide) groups is 1. The van der Waals surface area contributed by atoms with E-state index in [1.54, 1.807) is 24.5 Å². The van der Waals surface area contributed by atoms with Gasteiger partial charge in [-0.1, -0.05) is 17.8 Å². The maximum atomic E-state index is 14.1. The summed E-state index contributed by atoms with van der Waals surface area (Å²) in [4.78, 5) is 19.4. The van der Waals surface area contributed by atoms with Crippen molar-refractivity contribution in [1.29, 1.82) is 0 Å². The van der Waals surface area contributed by atoms with Crippen molar-refractivity contribution in [2.24, 2.45) is 5.84 Å². The van der Waals surface area contributed by atoms with Crippen molar-refractivity contribution in [2.45, 2.75) is 10.9 Å². The van der Waals surface area contributed by atoms with Crippen LogP contribution in [0.1, 0.15) is 15.2 Å². The average Bonchev–Trinajstić information content (AvgIpc) is 3.12. The van der Waals surface area contributed by atoms with E-state index in [0.29, 0.717) is 26.7 Å². The largest absolute Gasteiger partial charge is 0.340 e. The van der Waals surface area contributed by atoms with Crippen LogP contribution in [0.4, 0.5) is 4.39 Å². The maximum Gasteiger partial charge on any atom is 0.275 e. The molecule has 1 aromatic carbocycles. The summed E-state index contributed by atoms with van der Waals surface area (Å²) in [6.07, 6.45) is 3.35. The Balaban J connectivity index is 2.06. The summed E-state index contributed by atoms with van der Waals surface area (Å²) in [5, 5.41) is 1.19. The molecule has 0 aliphatic heterocycles. The molecule has 0 aliphatic rings. The van der Waals surface area contributed by atoms with E-state index in [4.69, 9.17) is 5.84 Å². The number of aromatic nitrogens is 2. The van der Waals surface area contributed by atoms with Crippen LogP contribution in [0.25, 0.3) is 10.1 Å². The predicted molar refractivity (Wildman–Crippen MR) is 81.6 cm³/mol. The van der Waals surface area contributed by atoms with Gasteiger partial charge in [0.1, 0.15) is 5.82 Å². The zero-order valence-corrected chi connectivity index (χ0v) is 12.4. The molecule has 108 valence electrons. The molecule has 0 bridgehead atoms. The lowest BCUT2D eigenvalue weighted by Crippen LogP contribution is -2.29. The number of nitrogens with one attached hydrogen (secondary N) is 2. The lowest BCUT2D eigenvalue weighted by atomic mass is 10.1. The second kappa shape index (κ2) is 5.84. The summed E-state index contributed by atoms with van der Waals surface area (Å²) in [7, 11) is 0. The molecule has 3 rings (SSSR count). The van der Waals surface area contributed by atoms with Gasteiger partial charge in [-0.3, -0.25) is 10.2 Å². The Morgan fingerprint density at radius 2 is 2.38 bits per heavy atom. The highest BCUT2D eigenvalue weighted by atomic mass is 32.2. The number of rotatable bonds is 4. The summed E-state index contributed by atoms with van der Waals surface area (Å²) < 4.78 is 14.8. The lowest BCUT2D eigenvalue weighted by molar-refractivity contribution is 0.0957. The number of amides is 1. The summed E-state index contributed by atoms with van der Waals surface area (Å²) in [6, 6.07) is 4.80. The van der Waals surface area contributed by atoms with E-state index in [9.17, 15) is 9.18 Å². The van der Waals surface area contributed by atoms with Crippen molar-refractivity contribution in [2.75, 3.05) is 0 Å². The molecule has 0 fully saturated rings.